The van der Waals surface area contributed by atoms with Crippen molar-refractivity contribution in [3.63, 3.8) is 0 Å². The molecule has 0 aliphatic carbocycles. The maximum Gasteiger partial charge on any atom is 0.328 e. The molecule has 1 aliphatic heterocycles. The van der Waals surface area contributed by atoms with Crippen molar-refractivity contribution in [3.8, 4) is 5.75 Å². The second-order valence-electron chi connectivity index (χ2n) is 6.78. The minimum atomic E-state index is -1.05. The number of thioether (sulfide) groups is 1. The van der Waals surface area contributed by atoms with Crippen molar-refractivity contribution in [3.05, 3.63) is 63.8 Å². The van der Waals surface area contributed by atoms with E-state index in [1.165, 1.54) is 56.5 Å². The molecule has 8 nitrogen and oxygen atoms in total. The number of ether oxygens (including phenoxy) is 2. The van der Waals surface area contributed by atoms with E-state index in [4.69, 9.17) is 16.3 Å². The van der Waals surface area contributed by atoms with Crippen molar-refractivity contribution in [2.45, 2.75) is 13.0 Å². The maximum absolute atomic E-state index is 12.9. The van der Waals surface area contributed by atoms with Gasteiger partial charge in [-0.05, 0) is 66.7 Å². The van der Waals surface area contributed by atoms with Crippen LogP contribution in [0.25, 0.3) is 6.08 Å². The second-order valence-corrected chi connectivity index (χ2v) is 8.18. The monoisotopic (exact) mass is 492 g/mol. The Kier molecular flexibility index (Phi) is 7.72. The topological polar surface area (TPSA) is 102 Å². The van der Waals surface area contributed by atoms with Gasteiger partial charge in [0.2, 0.25) is 0 Å². The molecular weight excluding hydrogens is 475 g/mol. The zero-order valence-corrected chi connectivity index (χ0v) is 19.0. The van der Waals surface area contributed by atoms with Crippen molar-refractivity contribution in [2.75, 3.05) is 19.0 Å². The van der Waals surface area contributed by atoms with Crippen LogP contribution < -0.4 is 10.1 Å². The molecule has 2 aromatic rings. The largest absolute Gasteiger partial charge is 0.482 e. The van der Waals surface area contributed by atoms with Crippen LogP contribution in [0.5, 0.6) is 5.75 Å². The molecule has 1 N–H and O–H groups in total. The van der Waals surface area contributed by atoms with Crippen LogP contribution >= 0.6 is 23.4 Å². The summed E-state index contributed by atoms with van der Waals surface area (Å²) >= 11 is 6.92. The van der Waals surface area contributed by atoms with E-state index in [-0.39, 0.29) is 22.3 Å². The molecular formula is C22H18ClFN2O6S. The van der Waals surface area contributed by atoms with Gasteiger partial charge < -0.3 is 14.8 Å². The molecule has 1 saturated heterocycles. The van der Waals surface area contributed by atoms with E-state index in [0.717, 1.165) is 4.90 Å². The molecule has 0 radical (unpaired) electrons. The number of rotatable bonds is 7. The third-order valence-electron chi connectivity index (χ3n) is 4.49. The van der Waals surface area contributed by atoms with E-state index in [1.54, 1.807) is 6.07 Å². The van der Waals surface area contributed by atoms with Crippen LogP contribution in [0.2, 0.25) is 5.02 Å². The Morgan fingerprint density at radius 3 is 2.55 bits per heavy atom. The van der Waals surface area contributed by atoms with Gasteiger partial charge in [-0.2, -0.15) is 0 Å². The lowest BCUT2D eigenvalue weighted by Gasteiger charge is -2.18. The number of carbonyl (C=O) groups excluding carboxylic acids is 4. The summed E-state index contributed by atoms with van der Waals surface area (Å²) in [7, 11) is 1.17. The lowest BCUT2D eigenvalue weighted by atomic mass is 10.2. The van der Waals surface area contributed by atoms with Gasteiger partial charge in [-0.1, -0.05) is 17.7 Å². The van der Waals surface area contributed by atoms with Gasteiger partial charge in [0, 0.05) is 5.69 Å². The molecule has 1 aliphatic rings. The maximum atomic E-state index is 12.9. The third kappa shape index (κ3) is 5.91. The van der Waals surface area contributed by atoms with E-state index >= 15 is 0 Å². The average molecular weight is 493 g/mol. The van der Waals surface area contributed by atoms with Crippen molar-refractivity contribution in [1.29, 1.82) is 0 Å². The number of nitrogens with one attached hydrogen (secondary N) is 1. The first kappa shape index (κ1) is 24.3. The molecule has 1 heterocycles. The Morgan fingerprint density at radius 1 is 1.21 bits per heavy atom. The first-order chi connectivity index (χ1) is 15.7. The molecule has 33 heavy (non-hydrogen) atoms. The van der Waals surface area contributed by atoms with Gasteiger partial charge in [-0.3, -0.25) is 19.3 Å². The highest BCUT2D eigenvalue weighted by atomic mass is 35.5. The number of hydrogen-bond donors (Lipinski definition) is 1. The summed E-state index contributed by atoms with van der Waals surface area (Å²) in [6.45, 7) is 1.07. The van der Waals surface area contributed by atoms with E-state index in [2.05, 4.69) is 10.1 Å². The van der Waals surface area contributed by atoms with E-state index in [9.17, 15) is 23.6 Å². The molecule has 3 rings (SSSR count). The molecule has 172 valence electrons. The minimum absolute atomic E-state index is 0.124. The van der Waals surface area contributed by atoms with Crippen LogP contribution in [0.4, 0.5) is 14.9 Å². The summed E-state index contributed by atoms with van der Waals surface area (Å²) in [6, 6.07) is 8.84. The highest BCUT2D eigenvalue weighted by Gasteiger charge is 2.41. The zero-order chi connectivity index (χ0) is 24.1. The van der Waals surface area contributed by atoms with Gasteiger partial charge >= 0.3 is 5.97 Å². The molecule has 1 fully saturated rings. The first-order valence-electron chi connectivity index (χ1n) is 9.52. The van der Waals surface area contributed by atoms with Gasteiger partial charge in [0.25, 0.3) is 17.1 Å². The Morgan fingerprint density at radius 2 is 1.91 bits per heavy atom. The normalized spacial score (nSPS) is 15.5. The Bertz CT molecular complexity index is 1140. The predicted octanol–water partition coefficient (Wildman–Crippen LogP) is 4.09. The number of amides is 3. The van der Waals surface area contributed by atoms with Crippen molar-refractivity contribution in [2.24, 2.45) is 0 Å². The van der Waals surface area contributed by atoms with Crippen molar-refractivity contribution >= 4 is 58.1 Å². The Balaban J connectivity index is 1.64. The van der Waals surface area contributed by atoms with Crippen LogP contribution in [0.3, 0.4) is 0 Å². The second kappa shape index (κ2) is 10.5. The van der Waals surface area contributed by atoms with E-state index in [0.29, 0.717) is 23.0 Å². The lowest BCUT2D eigenvalue weighted by molar-refractivity contribution is -0.148. The smallest absolute Gasteiger partial charge is 0.328 e. The third-order valence-corrected chi connectivity index (χ3v) is 5.67. The fourth-order valence-electron chi connectivity index (χ4n) is 2.84. The standard InChI is InChI=1S/C22H18ClFN2O6S/c1-12(21(29)31-2)26-20(28)18(33-22(26)30)10-13-3-8-17(16(23)9-13)32-11-19(27)25-15-6-4-14(24)5-7-15/h3-10,12H,11H2,1-2H3,(H,25,27)/b18-10-/t12-/m1/s1. The van der Waals surface area contributed by atoms with Gasteiger partial charge in [0.15, 0.2) is 6.61 Å². The molecule has 11 heteroatoms. The average Bonchev–Trinajstić information content (AvgIpc) is 3.06. The molecule has 0 saturated carbocycles. The van der Waals surface area contributed by atoms with Crippen molar-refractivity contribution < 1.29 is 33.0 Å². The number of esters is 1. The number of nitrogens with zero attached hydrogens (tertiary/aromatic N) is 1. The molecule has 3 amide bonds. The van der Waals surface area contributed by atoms with Crippen LogP contribution in [0.1, 0.15) is 12.5 Å². The first-order valence-corrected chi connectivity index (χ1v) is 10.7. The number of benzene rings is 2. The summed E-state index contributed by atoms with van der Waals surface area (Å²) in [6.07, 6.45) is 1.46. The summed E-state index contributed by atoms with van der Waals surface area (Å²) in [5, 5.41) is 2.16. The van der Waals surface area contributed by atoms with Crippen LogP contribution in [-0.2, 0) is 19.1 Å². The summed E-state index contributed by atoms with van der Waals surface area (Å²) in [5.74, 6) is -1.96. The summed E-state index contributed by atoms with van der Waals surface area (Å²) in [4.78, 5) is 49.4. The quantitative estimate of drug-likeness (QED) is 0.458. The Hall–Kier alpha value is -3.37. The number of imide groups is 1. The van der Waals surface area contributed by atoms with Gasteiger partial charge in [-0.15, -0.1) is 0 Å². The van der Waals surface area contributed by atoms with Crippen LogP contribution in [-0.4, -0.2) is 47.7 Å². The SMILES string of the molecule is COC(=O)[C@@H](C)N1C(=O)S/C(=C\c2ccc(OCC(=O)Nc3ccc(F)cc3)c(Cl)c2)C1=O. The predicted molar refractivity (Wildman–Crippen MR) is 121 cm³/mol. The van der Waals surface area contributed by atoms with Gasteiger partial charge in [-0.25, -0.2) is 9.18 Å². The summed E-state index contributed by atoms with van der Waals surface area (Å²) in [5.41, 5.74) is 0.932. The molecule has 0 unspecified atom stereocenters. The number of carbonyl (C=O) groups is 4. The number of anilines is 1. The number of halogens is 2. The highest BCUT2D eigenvalue weighted by Crippen LogP contribution is 2.35. The molecule has 0 spiro atoms. The fraction of sp³-hybridized carbons (Fsp3) is 0.182. The van der Waals surface area contributed by atoms with Crippen molar-refractivity contribution in [1.82, 2.24) is 4.90 Å². The zero-order valence-electron chi connectivity index (χ0n) is 17.5. The fourth-order valence-corrected chi connectivity index (χ4v) is 3.99. The minimum Gasteiger partial charge on any atom is -0.482 e. The molecule has 2 aromatic carbocycles. The molecule has 1 atom stereocenters. The molecule has 0 bridgehead atoms. The van der Waals surface area contributed by atoms with E-state index < -0.39 is 34.9 Å². The van der Waals surface area contributed by atoms with Crippen LogP contribution in [0.15, 0.2) is 47.4 Å². The lowest BCUT2D eigenvalue weighted by Crippen LogP contribution is -2.42. The number of methoxy groups -OCH3 is 1. The summed E-state index contributed by atoms with van der Waals surface area (Å²) < 4.78 is 22.9. The Labute approximate surface area is 197 Å². The van der Waals surface area contributed by atoms with Gasteiger partial charge in [0.05, 0.1) is 17.0 Å². The molecule has 0 aromatic heterocycles. The van der Waals surface area contributed by atoms with Gasteiger partial charge in [0.1, 0.15) is 17.6 Å². The number of hydrogen-bond acceptors (Lipinski definition) is 7. The highest BCUT2D eigenvalue weighted by molar-refractivity contribution is 8.18. The van der Waals surface area contributed by atoms with Crippen LogP contribution in [0, 0.1) is 5.82 Å². The van der Waals surface area contributed by atoms with E-state index in [1.807, 2.05) is 0 Å².